The van der Waals surface area contributed by atoms with Gasteiger partial charge in [0.2, 0.25) is 0 Å². The maximum atomic E-state index is 13.2. The van der Waals surface area contributed by atoms with Crippen LogP contribution >= 0.6 is 15.6 Å². The first kappa shape index (κ1) is 108. The molecule has 3 N–H and O–H groups in total. The minimum absolute atomic E-state index is 0.108. The van der Waals surface area contributed by atoms with Crippen molar-refractivity contribution in [2.24, 2.45) is 11.8 Å². The number of phosphoric ester groups is 2. The van der Waals surface area contributed by atoms with Gasteiger partial charge in [-0.1, -0.05) is 440 Å². The Morgan fingerprint density at radius 2 is 0.436 bits per heavy atom. The first-order valence-electron chi connectivity index (χ1n) is 47.1. The molecule has 0 radical (unpaired) electrons. The lowest BCUT2D eigenvalue weighted by Crippen LogP contribution is -2.30. The molecule has 654 valence electrons. The van der Waals surface area contributed by atoms with Crippen molar-refractivity contribution >= 4 is 39.5 Å². The van der Waals surface area contributed by atoms with E-state index in [0.29, 0.717) is 25.7 Å². The van der Waals surface area contributed by atoms with Gasteiger partial charge < -0.3 is 33.8 Å². The fourth-order valence-electron chi connectivity index (χ4n) is 14.2. The Morgan fingerprint density at radius 3 is 0.645 bits per heavy atom. The number of unbranched alkanes of at least 4 members (excludes halogenated alkanes) is 58. The van der Waals surface area contributed by atoms with E-state index in [1.54, 1.807) is 0 Å². The van der Waals surface area contributed by atoms with Crippen molar-refractivity contribution in [1.82, 2.24) is 0 Å². The van der Waals surface area contributed by atoms with E-state index in [4.69, 9.17) is 37.0 Å². The average Bonchev–Trinajstić information content (AvgIpc) is 0.896. The molecule has 0 rings (SSSR count). The second kappa shape index (κ2) is 82.2. The minimum atomic E-state index is -4.97. The summed E-state index contributed by atoms with van der Waals surface area (Å²) in [6.07, 6.45) is 76.3. The Labute approximate surface area is 677 Å². The van der Waals surface area contributed by atoms with E-state index in [2.05, 4.69) is 41.5 Å². The molecule has 0 spiro atoms. The van der Waals surface area contributed by atoms with Gasteiger partial charge in [0.25, 0.3) is 0 Å². The standard InChI is InChI=1S/C91H178O17P2/c1-7-11-13-15-17-19-21-22-23-24-25-26-30-33-39-44-50-56-62-68-74-89(94)102-80-87(108-90(95)75-69-63-57-51-45-40-34-31-28-27-29-32-37-42-47-53-59-65-71-83(5)9-3)82-106-110(99,100)104-78-85(92)77-103-109(97,98)105-81-86(79-101-88(93)73-67-61-55-49-20-18-16-14-12-8-2)107-91(96)76-70-64-58-52-46-41-36-35-38-43-48-54-60-66-72-84(6)10-4/h83-87,92H,7-82H2,1-6H3,(H,97,98)(H,99,100)/t83?,84?,85-,86+,87+/m0/s1. The van der Waals surface area contributed by atoms with Crippen molar-refractivity contribution in [3.8, 4) is 0 Å². The largest absolute Gasteiger partial charge is 0.472 e. The van der Waals surface area contributed by atoms with Gasteiger partial charge in [0.1, 0.15) is 19.3 Å². The van der Waals surface area contributed by atoms with Gasteiger partial charge in [-0.05, 0) is 37.5 Å². The quantitative estimate of drug-likeness (QED) is 0.0222. The second-order valence-electron chi connectivity index (χ2n) is 33.2. The molecule has 0 bridgehead atoms. The highest BCUT2D eigenvalue weighted by molar-refractivity contribution is 7.47. The summed E-state index contributed by atoms with van der Waals surface area (Å²) in [6, 6.07) is 0. The van der Waals surface area contributed by atoms with Crippen LogP contribution in [0.2, 0.25) is 0 Å². The van der Waals surface area contributed by atoms with Gasteiger partial charge in [0.15, 0.2) is 12.2 Å². The Balaban J connectivity index is 5.22. The van der Waals surface area contributed by atoms with Crippen LogP contribution in [-0.4, -0.2) is 96.7 Å². The third-order valence-electron chi connectivity index (χ3n) is 22.2. The van der Waals surface area contributed by atoms with Gasteiger partial charge in [-0.2, -0.15) is 0 Å². The lowest BCUT2D eigenvalue weighted by molar-refractivity contribution is -0.161. The zero-order valence-electron chi connectivity index (χ0n) is 72.6. The molecule has 110 heavy (non-hydrogen) atoms. The van der Waals surface area contributed by atoms with Crippen LogP contribution in [0.25, 0.3) is 0 Å². The monoisotopic (exact) mass is 1610 g/mol. The summed E-state index contributed by atoms with van der Waals surface area (Å²) >= 11 is 0. The summed E-state index contributed by atoms with van der Waals surface area (Å²) in [5.41, 5.74) is 0. The SMILES string of the molecule is CCCCCCCCCCCCCCCCCCCCCCC(=O)OC[C@H](COP(=O)(O)OC[C@@H](O)COP(=O)(O)OC[C@@H](COC(=O)CCCCCCCCCCCC)OC(=O)CCCCCCCCCCCCCCCCC(C)CC)OC(=O)CCCCCCCCCCCCCCCCCCCCC(C)CC. The topological polar surface area (TPSA) is 237 Å². The lowest BCUT2D eigenvalue weighted by atomic mass is 9.99. The van der Waals surface area contributed by atoms with Crippen LogP contribution in [0, 0.1) is 11.8 Å². The molecule has 19 heteroatoms. The van der Waals surface area contributed by atoms with Crippen molar-refractivity contribution in [2.75, 3.05) is 39.6 Å². The van der Waals surface area contributed by atoms with Crippen molar-refractivity contribution in [1.29, 1.82) is 0 Å². The third-order valence-corrected chi connectivity index (χ3v) is 24.1. The molecule has 0 aromatic carbocycles. The van der Waals surface area contributed by atoms with Crippen LogP contribution in [0.4, 0.5) is 0 Å². The molecule has 7 atom stereocenters. The summed E-state index contributed by atoms with van der Waals surface area (Å²) in [6.45, 7) is 9.81. The van der Waals surface area contributed by atoms with Crippen molar-refractivity contribution in [3.05, 3.63) is 0 Å². The Kier molecular flexibility index (Phi) is 80.7. The van der Waals surface area contributed by atoms with Gasteiger partial charge >= 0.3 is 39.5 Å². The van der Waals surface area contributed by atoms with E-state index in [9.17, 15) is 43.2 Å². The fraction of sp³-hybridized carbons (Fsp3) is 0.956. The highest BCUT2D eigenvalue weighted by Gasteiger charge is 2.31. The fourth-order valence-corrected chi connectivity index (χ4v) is 15.8. The predicted octanol–water partition coefficient (Wildman–Crippen LogP) is 28.2. The highest BCUT2D eigenvalue weighted by Crippen LogP contribution is 2.45. The molecule has 0 heterocycles. The second-order valence-corrected chi connectivity index (χ2v) is 36.1. The van der Waals surface area contributed by atoms with Crippen molar-refractivity contribution in [2.45, 2.75) is 509 Å². The van der Waals surface area contributed by atoms with E-state index in [1.807, 2.05) is 0 Å². The first-order valence-corrected chi connectivity index (χ1v) is 50.1. The number of hydrogen-bond donors (Lipinski definition) is 3. The lowest BCUT2D eigenvalue weighted by Gasteiger charge is -2.21. The van der Waals surface area contributed by atoms with E-state index < -0.39 is 97.5 Å². The minimum Gasteiger partial charge on any atom is -0.462 e. The molecule has 0 aliphatic rings. The maximum Gasteiger partial charge on any atom is 0.472 e. The van der Waals surface area contributed by atoms with E-state index in [0.717, 1.165) is 102 Å². The van der Waals surface area contributed by atoms with Crippen LogP contribution < -0.4 is 0 Å². The Bertz CT molecular complexity index is 2100. The summed E-state index contributed by atoms with van der Waals surface area (Å²) in [7, 11) is -9.93. The van der Waals surface area contributed by atoms with E-state index in [-0.39, 0.29) is 25.7 Å². The molecule has 0 aromatic rings. The maximum absolute atomic E-state index is 13.2. The molecule has 0 amide bonds. The van der Waals surface area contributed by atoms with Gasteiger partial charge in [0, 0.05) is 25.7 Å². The number of aliphatic hydroxyl groups excluding tert-OH is 1. The number of ether oxygens (including phenoxy) is 4. The van der Waals surface area contributed by atoms with Crippen molar-refractivity contribution < 1.29 is 80.2 Å². The summed E-state index contributed by atoms with van der Waals surface area (Å²) in [5, 5.41) is 10.7. The number of aliphatic hydroxyl groups is 1. The highest BCUT2D eigenvalue weighted by atomic mass is 31.2. The molecule has 0 aliphatic carbocycles. The molecule has 0 aliphatic heterocycles. The number of phosphoric acid groups is 2. The summed E-state index contributed by atoms with van der Waals surface area (Å²) in [5.74, 6) is -0.379. The molecular formula is C91H178O17P2. The molecule has 0 fully saturated rings. The van der Waals surface area contributed by atoms with E-state index >= 15 is 0 Å². The average molecular weight is 1610 g/mol. The molecule has 4 unspecified atom stereocenters. The van der Waals surface area contributed by atoms with Gasteiger partial charge in [-0.3, -0.25) is 37.3 Å². The molecule has 17 nitrogen and oxygen atoms in total. The molecule has 0 saturated heterocycles. The van der Waals surface area contributed by atoms with Gasteiger partial charge in [-0.15, -0.1) is 0 Å². The van der Waals surface area contributed by atoms with Crippen LogP contribution in [0.15, 0.2) is 0 Å². The summed E-state index contributed by atoms with van der Waals surface area (Å²) < 4.78 is 69.0. The number of hydrogen-bond acceptors (Lipinski definition) is 15. The normalized spacial score (nSPS) is 14.2. The third kappa shape index (κ3) is 81.2. The number of carbonyl (C=O) groups excluding carboxylic acids is 4. The van der Waals surface area contributed by atoms with Crippen LogP contribution in [0.3, 0.4) is 0 Å². The Hall–Kier alpha value is -1.94. The first-order chi connectivity index (χ1) is 53.4. The van der Waals surface area contributed by atoms with Crippen LogP contribution in [0.1, 0.15) is 491 Å². The van der Waals surface area contributed by atoms with E-state index in [1.165, 1.54) is 308 Å². The zero-order chi connectivity index (χ0) is 80.6. The number of esters is 4. The predicted molar refractivity (Wildman–Crippen MR) is 455 cm³/mol. The Morgan fingerprint density at radius 1 is 0.255 bits per heavy atom. The number of carbonyl (C=O) groups is 4. The molecular weight excluding hydrogens is 1430 g/mol. The van der Waals surface area contributed by atoms with Crippen LogP contribution in [0.5, 0.6) is 0 Å². The van der Waals surface area contributed by atoms with Crippen molar-refractivity contribution in [3.63, 3.8) is 0 Å². The smallest absolute Gasteiger partial charge is 0.462 e. The number of rotatable bonds is 90. The zero-order valence-corrected chi connectivity index (χ0v) is 74.4. The summed E-state index contributed by atoms with van der Waals surface area (Å²) in [4.78, 5) is 73.4. The van der Waals surface area contributed by atoms with Gasteiger partial charge in [-0.25, -0.2) is 9.13 Å². The molecule has 0 saturated carbocycles. The van der Waals surface area contributed by atoms with Gasteiger partial charge in [0.05, 0.1) is 26.4 Å². The van der Waals surface area contributed by atoms with Crippen LogP contribution in [-0.2, 0) is 65.4 Å². The molecule has 0 aromatic heterocycles.